The van der Waals surface area contributed by atoms with Gasteiger partial charge in [0.25, 0.3) is 0 Å². The van der Waals surface area contributed by atoms with E-state index >= 15 is 0 Å². The zero-order valence-corrected chi connectivity index (χ0v) is 17.6. The summed E-state index contributed by atoms with van der Waals surface area (Å²) in [6.45, 7) is 6.24. The monoisotopic (exact) mass is 366 g/mol. The summed E-state index contributed by atoms with van der Waals surface area (Å²) in [5, 5.41) is 0. The number of rotatable bonds is 16. The van der Waals surface area contributed by atoms with E-state index in [1.54, 1.807) is 0 Å². The minimum absolute atomic E-state index is 0.221. The summed E-state index contributed by atoms with van der Waals surface area (Å²) in [5.41, 5.74) is -0.590. The summed E-state index contributed by atoms with van der Waals surface area (Å²) in [7, 11) is 0. The van der Waals surface area contributed by atoms with Gasteiger partial charge in [0.15, 0.2) is 0 Å². The van der Waals surface area contributed by atoms with Crippen molar-refractivity contribution in [3.05, 3.63) is 0 Å². The van der Waals surface area contributed by atoms with Crippen LogP contribution in [0.4, 0.5) is 0 Å². The fourth-order valence-corrected chi connectivity index (χ4v) is 3.97. The van der Waals surface area contributed by atoms with Gasteiger partial charge in [-0.3, -0.25) is 9.59 Å². The molecule has 1 rings (SSSR count). The van der Waals surface area contributed by atoms with Crippen LogP contribution in [0.5, 0.6) is 0 Å². The summed E-state index contributed by atoms with van der Waals surface area (Å²) in [6.07, 6.45) is 20.3. The van der Waals surface area contributed by atoms with Crippen molar-refractivity contribution in [3.63, 3.8) is 0 Å². The van der Waals surface area contributed by atoms with Gasteiger partial charge in [-0.25, -0.2) is 0 Å². The molecule has 1 heterocycles. The molecular formula is C23H42O3. The molecule has 0 saturated carbocycles. The Labute approximate surface area is 161 Å². The number of hydrogen-bond acceptors (Lipinski definition) is 3. The van der Waals surface area contributed by atoms with Crippen molar-refractivity contribution in [2.75, 3.05) is 0 Å². The van der Waals surface area contributed by atoms with E-state index < -0.39 is 5.41 Å². The number of unbranched alkanes of at least 4 members (excludes halogenated alkanes) is 13. The Kier molecular flexibility index (Phi) is 11.9. The molecule has 0 aliphatic carbocycles. The second-order valence-electron chi connectivity index (χ2n) is 8.64. The van der Waals surface area contributed by atoms with Crippen LogP contribution in [0.2, 0.25) is 0 Å². The average Bonchev–Trinajstić information content (AvgIpc) is 2.88. The number of hydrogen-bond donors (Lipinski definition) is 0. The third kappa shape index (κ3) is 8.68. The first-order valence-corrected chi connectivity index (χ1v) is 11.3. The highest BCUT2D eigenvalue weighted by Gasteiger charge is 2.48. The van der Waals surface area contributed by atoms with Gasteiger partial charge in [0.1, 0.15) is 0 Å². The molecule has 0 radical (unpaired) electrons. The average molecular weight is 367 g/mol. The molecule has 3 nitrogen and oxygen atoms in total. The van der Waals surface area contributed by atoms with Crippen LogP contribution in [-0.4, -0.2) is 11.9 Å². The van der Waals surface area contributed by atoms with Crippen LogP contribution in [0.1, 0.15) is 124 Å². The maximum atomic E-state index is 11.9. The molecule has 152 valence electrons. The molecule has 3 heteroatoms. The van der Waals surface area contributed by atoms with Gasteiger partial charge < -0.3 is 4.74 Å². The Hall–Kier alpha value is -0.860. The van der Waals surface area contributed by atoms with E-state index in [1.807, 2.05) is 6.92 Å². The Balaban J connectivity index is 1.89. The second-order valence-corrected chi connectivity index (χ2v) is 8.64. The molecule has 2 unspecified atom stereocenters. The number of cyclic esters (lactones) is 2. The van der Waals surface area contributed by atoms with Crippen LogP contribution in [-0.2, 0) is 14.3 Å². The predicted octanol–water partition coefficient (Wildman–Crippen LogP) is 6.97. The van der Waals surface area contributed by atoms with Crippen molar-refractivity contribution in [1.29, 1.82) is 0 Å². The van der Waals surface area contributed by atoms with Crippen molar-refractivity contribution in [1.82, 2.24) is 0 Å². The van der Waals surface area contributed by atoms with Crippen molar-refractivity contribution < 1.29 is 14.3 Å². The first kappa shape index (κ1) is 23.2. The lowest BCUT2D eigenvalue weighted by Gasteiger charge is -2.26. The normalized spacial score (nSPS) is 21.2. The Morgan fingerprint density at radius 3 is 1.62 bits per heavy atom. The van der Waals surface area contributed by atoms with Crippen LogP contribution < -0.4 is 0 Å². The number of carbonyl (C=O) groups is 2. The summed E-state index contributed by atoms with van der Waals surface area (Å²) < 4.78 is 4.74. The lowest BCUT2D eigenvalue weighted by molar-refractivity contribution is -0.155. The SMILES string of the molecule is CCCCCCCCCCCCCCCCC(C)C1(C)CC(=O)OC1=O. The Bertz CT molecular complexity index is 404. The number of ether oxygens (including phenoxy) is 1. The molecule has 1 saturated heterocycles. The van der Waals surface area contributed by atoms with Crippen LogP contribution in [0.15, 0.2) is 0 Å². The van der Waals surface area contributed by atoms with Crippen molar-refractivity contribution >= 4 is 11.9 Å². The largest absolute Gasteiger partial charge is 0.393 e. The van der Waals surface area contributed by atoms with E-state index in [1.165, 1.54) is 83.5 Å². The van der Waals surface area contributed by atoms with Crippen molar-refractivity contribution in [2.24, 2.45) is 11.3 Å². The zero-order chi connectivity index (χ0) is 19.3. The molecule has 26 heavy (non-hydrogen) atoms. The summed E-state index contributed by atoms with van der Waals surface area (Å²) in [5.74, 6) is -0.454. The number of carbonyl (C=O) groups excluding carboxylic acids is 2. The fourth-order valence-electron chi connectivity index (χ4n) is 3.97. The Morgan fingerprint density at radius 1 is 0.808 bits per heavy atom. The molecule has 2 atom stereocenters. The van der Waals surface area contributed by atoms with Crippen LogP contribution >= 0.6 is 0 Å². The molecule has 0 N–H and O–H groups in total. The van der Waals surface area contributed by atoms with E-state index in [2.05, 4.69) is 13.8 Å². The van der Waals surface area contributed by atoms with E-state index in [0.717, 1.165) is 12.8 Å². The molecule has 1 aliphatic rings. The molecule has 0 bridgehead atoms. The maximum Gasteiger partial charge on any atom is 0.320 e. The van der Waals surface area contributed by atoms with Gasteiger partial charge in [0, 0.05) is 0 Å². The molecule has 1 aliphatic heterocycles. The van der Waals surface area contributed by atoms with Gasteiger partial charge in [-0.1, -0.05) is 104 Å². The predicted molar refractivity (Wildman–Crippen MR) is 108 cm³/mol. The summed E-state index contributed by atoms with van der Waals surface area (Å²) in [4.78, 5) is 23.2. The van der Waals surface area contributed by atoms with Gasteiger partial charge >= 0.3 is 11.9 Å². The number of esters is 2. The third-order valence-electron chi connectivity index (χ3n) is 6.26. The Morgan fingerprint density at radius 2 is 1.23 bits per heavy atom. The van der Waals surface area contributed by atoms with Crippen LogP contribution in [0.25, 0.3) is 0 Å². The molecule has 0 spiro atoms. The minimum atomic E-state index is -0.590. The molecular weight excluding hydrogens is 324 g/mol. The second kappa shape index (κ2) is 13.3. The highest BCUT2D eigenvalue weighted by molar-refractivity contribution is 5.97. The lowest BCUT2D eigenvalue weighted by atomic mass is 9.74. The zero-order valence-electron chi connectivity index (χ0n) is 17.6. The smallest absolute Gasteiger partial charge is 0.320 e. The van der Waals surface area contributed by atoms with Gasteiger partial charge in [0.2, 0.25) is 0 Å². The highest BCUT2D eigenvalue weighted by atomic mass is 16.6. The van der Waals surface area contributed by atoms with E-state index in [-0.39, 0.29) is 24.3 Å². The maximum absolute atomic E-state index is 11.9. The highest BCUT2D eigenvalue weighted by Crippen LogP contribution is 2.40. The fraction of sp³-hybridized carbons (Fsp3) is 0.913. The molecule has 1 fully saturated rings. The topological polar surface area (TPSA) is 43.4 Å². The molecule has 0 aromatic rings. The quantitative estimate of drug-likeness (QED) is 0.168. The first-order valence-electron chi connectivity index (χ1n) is 11.3. The van der Waals surface area contributed by atoms with Crippen molar-refractivity contribution in [2.45, 2.75) is 124 Å². The molecule has 0 aromatic heterocycles. The molecule has 0 aromatic carbocycles. The van der Waals surface area contributed by atoms with Gasteiger partial charge in [-0.15, -0.1) is 0 Å². The van der Waals surface area contributed by atoms with E-state index in [4.69, 9.17) is 4.74 Å². The third-order valence-corrected chi connectivity index (χ3v) is 6.26. The van der Waals surface area contributed by atoms with Crippen LogP contribution in [0, 0.1) is 11.3 Å². The van der Waals surface area contributed by atoms with Gasteiger partial charge in [-0.2, -0.15) is 0 Å². The van der Waals surface area contributed by atoms with Gasteiger partial charge in [0.05, 0.1) is 11.8 Å². The standard InChI is InChI=1S/C23H42O3/c1-4-5-6-7-8-9-10-11-12-13-14-15-16-17-18-20(2)23(3)19-21(24)26-22(23)25/h20H,4-19H2,1-3H3. The summed E-state index contributed by atoms with van der Waals surface area (Å²) in [6, 6.07) is 0. The van der Waals surface area contributed by atoms with E-state index in [0.29, 0.717) is 0 Å². The molecule has 0 amide bonds. The first-order chi connectivity index (χ1) is 12.5. The summed E-state index contributed by atoms with van der Waals surface area (Å²) >= 11 is 0. The van der Waals surface area contributed by atoms with E-state index in [9.17, 15) is 9.59 Å². The lowest BCUT2D eigenvalue weighted by Crippen LogP contribution is -2.30. The van der Waals surface area contributed by atoms with Crippen LogP contribution in [0.3, 0.4) is 0 Å². The minimum Gasteiger partial charge on any atom is -0.393 e. The van der Waals surface area contributed by atoms with Crippen molar-refractivity contribution in [3.8, 4) is 0 Å². The van der Waals surface area contributed by atoms with Gasteiger partial charge in [-0.05, 0) is 19.3 Å².